The second-order valence-corrected chi connectivity index (χ2v) is 9.57. The molecular weight excluding hydrogens is 366 g/mol. The summed E-state index contributed by atoms with van der Waals surface area (Å²) in [5.74, 6) is 0.851. The lowest BCUT2D eigenvalue weighted by Crippen LogP contribution is -2.51. The quantitative estimate of drug-likeness (QED) is 0.763. The summed E-state index contributed by atoms with van der Waals surface area (Å²) < 4.78 is 32.9. The fourth-order valence-corrected chi connectivity index (χ4v) is 4.22. The first-order valence-electron chi connectivity index (χ1n) is 9.36. The summed E-state index contributed by atoms with van der Waals surface area (Å²) in [6.45, 7) is 6.71. The number of hydrogen-bond acceptors (Lipinski definition) is 4. The summed E-state index contributed by atoms with van der Waals surface area (Å²) in [5, 5.41) is 2.99. The molecule has 1 aliphatic rings. The molecule has 8 heteroatoms. The molecule has 1 amide bonds. The monoisotopic (exact) mass is 397 g/mol. The standard InChI is InChI=1S/C19H31N3O4S/c1-14(2)17-8-6-7-9-18(17)26-15(3)19(23)20-16-10-12-22(13-11-16)27(24,25)21(4)5/h6-9,14-16H,10-13H2,1-5H3,(H,20,23). The summed E-state index contributed by atoms with van der Waals surface area (Å²) in [6.07, 6.45) is 0.566. The number of carbonyl (C=O) groups excluding carboxylic acids is 1. The molecule has 27 heavy (non-hydrogen) atoms. The van der Waals surface area contributed by atoms with E-state index in [1.807, 2.05) is 24.3 Å². The molecule has 1 aromatic rings. The Morgan fingerprint density at radius 3 is 2.33 bits per heavy atom. The van der Waals surface area contributed by atoms with Gasteiger partial charge in [0.2, 0.25) is 0 Å². The average Bonchev–Trinajstić information content (AvgIpc) is 2.62. The minimum absolute atomic E-state index is 0.0440. The van der Waals surface area contributed by atoms with E-state index in [1.54, 1.807) is 6.92 Å². The van der Waals surface area contributed by atoms with E-state index in [0.29, 0.717) is 31.8 Å². The van der Waals surface area contributed by atoms with E-state index in [2.05, 4.69) is 19.2 Å². The largest absolute Gasteiger partial charge is 0.481 e. The zero-order chi connectivity index (χ0) is 20.2. The Kier molecular flexibility index (Phi) is 7.25. The second-order valence-electron chi connectivity index (χ2n) is 7.42. The van der Waals surface area contributed by atoms with Crippen LogP contribution in [-0.2, 0) is 15.0 Å². The predicted octanol–water partition coefficient (Wildman–Crippen LogP) is 1.96. The third-order valence-corrected chi connectivity index (χ3v) is 6.74. The van der Waals surface area contributed by atoms with Crippen LogP contribution in [0.15, 0.2) is 24.3 Å². The van der Waals surface area contributed by atoms with Gasteiger partial charge in [-0.3, -0.25) is 4.79 Å². The number of rotatable bonds is 7. The maximum atomic E-state index is 12.5. The number of hydrogen-bond donors (Lipinski definition) is 1. The van der Waals surface area contributed by atoms with Crippen molar-refractivity contribution in [2.24, 2.45) is 0 Å². The highest BCUT2D eigenvalue weighted by molar-refractivity contribution is 7.86. The van der Waals surface area contributed by atoms with Crippen molar-refractivity contribution in [1.82, 2.24) is 13.9 Å². The van der Waals surface area contributed by atoms with E-state index >= 15 is 0 Å². The Balaban J connectivity index is 1.89. The zero-order valence-electron chi connectivity index (χ0n) is 16.8. The number of nitrogens with zero attached hydrogens (tertiary/aromatic N) is 2. The molecule has 1 N–H and O–H groups in total. The summed E-state index contributed by atoms with van der Waals surface area (Å²) in [6, 6.07) is 7.70. The molecule has 0 aliphatic carbocycles. The lowest BCUT2D eigenvalue weighted by Gasteiger charge is -2.33. The number of piperidine rings is 1. The van der Waals surface area contributed by atoms with Crippen LogP contribution in [0.2, 0.25) is 0 Å². The highest BCUT2D eigenvalue weighted by Crippen LogP contribution is 2.26. The minimum atomic E-state index is -3.39. The molecule has 1 unspecified atom stereocenters. The Morgan fingerprint density at radius 2 is 1.78 bits per heavy atom. The molecule has 1 fully saturated rings. The fraction of sp³-hybridized carbons (Fsp3) is 0.632. The smallest absolute Gasteiger partial charge is 0.281 e. The number of carbonyl (C=O) groups is 1. The molecule has 1 aliphatic heterocycles. The summed E-state index contributed by atoms with van der Waals surface area (Å²) in [7, 11) is -0.343. The number of nitrogens with one attached hydrogen (secondary N) is 1. The van der Waals surface area contributed by atoms with Gasteiger partial charge in [-0.05, 0) is 37.3 Å². The third-order valence-electron chi connectivity index (χ3n) is 4.80. The van der Waals surface area contributed by atoms with Crippen LogP contribution in [0.25, 0.3) is 0 Å². The number of para-hydroxylation sites is 1. The lowest BCUT2D eigenvalue weighted by molar-refractivity contribution is -0.128. The van der Waals surface area contributed by atoms with Gasteiger partial charge in [-0.1, -0.05) is 32.0 Å². The van der Waals surface area contributed by atoms with Gasteiger partial charge in [0, 0.05) is 33.2 Å². The van der Waals surface area contributed by atoms with Crippen molar-refractivity contribution in [2.75, 3.05) is 27.2 Å². The highest BCUT2D eigenvalue weighted by atomic mass is 32.2. The second kappa shape index (κ2) is 9.03. The van der Waals surface area contributed by atoms with Crippen molar-refractivity contribution < 1.29 is 17.9 Å². The summed E-state index contributed by atoms with van der Waals surface area (Å²) >= 11 is 0. The van der Waals surface area contributed by atoms with Crippen LogP contribution in [0.5, 0.6) is 5.75 Å². The van der Waals surface area contributed by atoms with Gasteiger partial charge in [-0.25, -0.2) is 0 Å². The molecule has 1 saturated heterocycles. The van der Waals surface area contributed by atoms with Gasteiger partial charge >= 0.3 is 0 Å². The molecule has 0 aromatic heterocycles. The van der Waals surface area contributed by atoms with Crippen molar-refractivity contribution in [3.63, 3.8) is 0 Å². The van der Waals surface area contributed by atoms with Crippen LogP contribution < -0.4 is 10.1 Å². The normalized spacial score (nSPS) is 17.9. The van der Waals surface area contributed by atoms with Crippen LogP contribution >= 0.6 is 0 Å². The number of amides is 1. The van der Waals surface area contributed by atoms with Gasteiger partial charge in [0.05, 0.1) is 0 Å². The van der Waals surface area contributed by atoms with Crippen molar-refractivity contribution in [1.29, 1.82) is 0 Å². The first kappa shape index (κ1) is 21.7. The summed E-state index contributed by atoms with van der Waals surface area (Å²) in [5.41, 5.74) is 1.07. The molecule has 2 rings (SSSR count). The molecular formula is C19H31N3O4S. The van der Waals surface area contributed by atoms with Crippen LogP contribution in [-0.4, -0.2) is 62.3 Å². The molecule has 152 valence electrons. The van der Waals surface area contributed by atoms with Gasteiger partial charge in [0.1, 0.15) is 5.75 Å². The molecule has 0 spiro atoms. The summed E-state index contributed by atoms with van der Waals surface area (Å²) in [4.78, 5) is 12.5. The van der Waals surface area contributed by atoms with Crippen LogP contribution in [0, 0.1) is 0 Å². The fourth-order valence-electron chi connectivity index (χ4n) is 3.09. The Bertz CT molecular complexity index is 741. The van der Waals surface area contributed by atoms with Gasteiger partial charge in [-0.2, -0.15) is 17.0 Å². The van der Waals surface area contributed by atoms with Crippen LogP contribution in [0.3, 0.4) is 0 Å². The molecule has 1 atom stereocenters. The van der Waals surface area contributed by atoms with Crippen LogP contribution in [0.4, 0.5) is 0 Å². The van der Waals surface area contributed by atoms with Gasteiger partial charge in [0.25, 0.3) is 16.1 Å². The first-order valence-corrected chi connectivity index (χ1v) is 10.8. The van der Waals surface area contributed by atoms with Crippen molar-refractivity contribution in [3.8, 4) is 5.75 Å². The van der Waals surface area contributed by atoms with E-state index in [9.17, 15) is 13.2 Å². The van der Waals surface area contributed by atoms with Gasteiger partial charge < -0.3 is 10.1 Å². The molecule has 0 saturated carbocycles. The third kappa shape index (κ3) is 5.43. The van der Waals surface area contributed by atoms with E-state index < -0.39 is 16.3 Å². The van der Waals surface area contributed by atoms with Crippen molar-refractivity contribution in [2.45, 2.75) is 51.7 Å². The highest BCUT2D eigenvalue weighted by Gasteiger charge is 2.30. The van der Waals surface area contributed by atoms with Gasteiger partial charge in [0.15, 0.2) is 6.10 Å². The van der Waals surface area contributed by atoms with Crippen LogP contribution in [0.1, 0.15) is 45.1 Å². The minimum Gasteiger partial charge on any atom is -0.481 e. The molecule has 0 radical (unpaired) electrons. The first-order chi connectivity index (χ1) is 12.6. The number of ether oxygens (including phenoxy) is 1. The average molecular weight is 398 g/mol. The molecule has 7 nitrogen and oxygen atoms in total. The van der Waals surface area contributed by atoms with Crippen molar-refractivity contribution >= 4 is 16.1 Å². The molecule has 1 heterocycles. The van der Waals surface area contributed by atoms with E-state index in [0.717, 1.165) is 11.3 Å². The Hall–Kier alpha value is -1.64. The van der Waals surface area contributed by atoms with Crippen molar-refractivity contribution in [3.05, 3.63) is 29.8 Å². The van der Waals surface area contributed by atoms with E-state index in [1.165, 1.54) is 22.7 Å². The maximum absolute atomic E-state index is 12.5. The zero-order valence-corrected chi connectivity index (χ0v) is 17.6. The predicted molar refractivity (Wildman–Crippen MR) is 106 cm³/mol. The van der Waals surface area contributed by atoms with E-state index in [4.69, 9.17) is 4.74 Å². The topological polar surface area (TPSA) is 79.0 Å². The van der Waals surface area contributed by atoms with E-state index in [-0.39, 0.29) is 11.9 Å². The lowest BCUT2D eigenvalue weighted by atomic mass is 10.0. The Morgan fingerprint density at radius 1 is 1.19 bits per heavy atom. The molecule has 0 bridgehead atoms. The number of benzene rings is 1. The SMILES string of the molecule is CC(Oc1ccccc1C(C)C)C(=O)NC1CCN(S(=O)(=O)N(C)C)CC1. The van der Waals surface area contributed by atoms with Gasteiger partial charge in [-0.15, -0.1) is 0 Å². The Labute approximate surface area is 162 Å². The molecule has 1 aromatic carbocycles. The maximum Gasteiger partial charge on any atom is 0.281 e.